The average molecular weight is 435 g/mol. The third-order valence-electron chi connectivity index (χ3n) is 6.63. The Bertz CT molecular complexity index is 1010. The van der Waals surface area contributed by atoms with E-state index in [2.05, 4.69) is 5.32 Å². The van der Waals surface area contributed by atoms with Crippen molar-refractivity contribution in [3.05, 3.63) is 59.2 Å². The Morgan fingerprint density at radius 2 is 1.66 bits per heavy atom. The lowest BCUT2D eigenvalue weighted by Crippen LogP contribution is -2.42. The van der Waals surface area contributed by atoms with E-state index in [4.69, 9.17) is 4.74 Å². The van der Waals surface area contributed by atoms with Gasteiger partial charge in [-0.05, 0) is 55.9 Å². The molecular weight excluding hydrogens is 404 g/mol. The number of nitrogens with zero attached hydrogens (tertiary/aromatic N) is 1. The molecule has 0 spiro atoms. The molecule has 6 nitrogen and oxygen atoms in total. The van der Waals surface area contributed by atoms with Crippen molar-refractivity contribution in [2.75, 3.05) is 23.4 Å². The summed E-state index contributed by atoms with van der Waals surface area (Å²) in [6.45, 7) is 4.14. The Kier molecular flexibility index (Phi) is 6.58. The summed E-state index contributed by atoms with van der Waals surface area (Å²) in [5, 5.41) is 2.84. The van der Waals surface area contributed by atoms with Crippen molar-refractivity contribution in [3.8, 4) is 0 Å². The molecule has 1 N–H and O–H groups in total. The molecule has 2 aromatic carbocycles. The van der Waals surface area contributed by atoms with Crippen LogP contribution in [0.5, 0.6) is 0 Å². The molecule has 0 saturated heterocycles. The fourth-order valence-corrected chi connectivity index (χ4v) is 4.91. The first-order valence-corrected chi connectivity index (χ1v) is 11.4. The van der Waals surface area contributed by atoms with Crippen LogP contribution in [0.4, 0.5) is 11.4 Å². The van der Waals surface area contributed by atoms with Crippen LogP contribution in [0.3, 0.4) is 0 Å². The van der Waals surface area contributed by atoms with E-state index < -0.39 is 17.8 Å². The van der Waals surface area contributed by atoms with E-state index >= 15 is 0 Å². The molecule has 0 aromatic heterocycles. The van der Waals surface area contributed by atoms with Gasteiger partial charge in [0, 0.05) is 17.9 Å². The number of para-hydroxylation sites is 2. The van der Waals surface area contributed by atoms with Gasteiger partial charge in [0.15, 0.2) is 6.61 Å². The van der Waals surface area contributed by atoms with Crippen LogP contribution in [0.25, 0.3) is 0 Å². The minimum Gasteiger partial charge on any atom is -0.455 e. The molecule has 32 heavy (non-hydrogen) atoms. The highest BCUT2D eigenvalue weighted by molar-refractivity contribution is 5.99. The van der Waals surface area contributed by atoms with Crippen molar-refractivity contribution in [2.24, 2.45) is 11.8 Å². The van der Waals surface area contributed by atoms with Crippen molar-refractivity contribution >= 4 is 29.2 Å². The lowest BCUT2D eigenvalue weighted by Gasteiger charge is -2.32. The number of nitrogens with one attached hydrogen (secondary N) is 1. The summed E-state index contributed by atoms with van der Waals surface area (Å²) < 4.78 is 5.39. The largest absolute Gasteiger partial charge is 0.455 e. The van der Waals surface area contributed by atoms with Gasteiger partial charge in [0.25, 0.3) is 5.91 Å². The molecule has 2 unspecified atom stereocenters. The first-order chi connectivity index (χ1) is 15.5. The lowest BCUT2D eigenvalue weighted by molar-refractivity contribution is -0.156. The predicted octanol–water partition coefficient (Wildman–Crippen LogP) is 4.18. The lowest BCUT2D eigenvalue weighted by atomic mass is 9.78. The summed E-state index contributed by atoms with van der Waals surface area (Å²) >= 11 is 0. The maximum Gasteiger partial charge on any atom is 0.310 e. The first-order valence-electron chi connectivity index (χ1n) is 11.4. The maximum absolute atomic E-state index is 13.4. The number of aryl methyl sites for hydroxylation is 2. The summed E-state index contributed by atoms with van der Waals surface area (Å²) in [4.78, 5) is 40.5. The van der Waals surface area contributed by atoms with Crippen LogP contribution in [0, 0.1) is 25.7 Å². The van der Waals surface area contributed by atoms with Crippen LogP contribution < -0.4 is 10.2 Å². The number of amides is 2. The molecule has 1 fully saturated rings. The van der Waals surface area contributed by atoms with Crippen LogP contribution >= 0.6 is 0 Å². The van der Waals surface area contributed by atoms with Gasteiger partial charge in [0.2, 0.25) is 5.91 Å². The molecule has 2 atom stereocenters. The minimum absolute atomic E-state index is 0.00316. The normalized spacial score (nSPS) is 19.9. The molecule has 1 saturated carbocycles. The second-order valence-electron chi connectivity index (χ2n) is 8.79. The zero-order valence-electron chi connectivity index (χ0n) is 18.7. The monoisotopic (exact) mass is 434 g/mol. The summed E-state index contributed by atoms with van der Waals surface area (Å²) in [6, 6.07) is 13.7. The zero-order valence-corrected chi connectivity index (χ0v) is 18.7. The number of esters is 1. The fourth-order valence-electron chi connectivity index (χ4n) is 4.91. The van der Waals surface area contributed by atoms with E-state index in [1.165, 1.54) is 5.56 Å². The van der Waals surface area contributed by atoms with E-state index in [0.29, 0.717) is 19.4 Å². The summed E-state index contributed by atoms with van der Waals surface area (Å²) in [5.41, 5.74) is 4.76. The standard InChI is InChI=1S/C26H30N2O4/c1-17-8-7-9-18(2)24(17)27-23(29)16-32-26(31)21-12-5-4-11-20(21)25(30)28-15-14-19-10-3-6-13-22(19)28/h3,6-10,13,20-21H,4-5,11-12,14-16H2,1-2H3,(H,27,29). The Labute approximate surface area is 188 Å². The number of fused-ring (bicyclic) bond motifs is 1. The average Bonchev–Trinajstić information content (AvgIpc) is 3.24. The van der Waals surface area contributed by atoms with E-state index in [0.717, 1.165) is 41.8 Å². The molecule has 2 amide bonds. The number of benzene rings is 2. The van der Waals surface area contributed by atoms with Gasteiger partial charge < -0.3 is 15.0 Å². The van der Waals surface area contributed by atoms with Gasteiger partial charge in [-0.15, -0.1) is 0 Å². The summed E-state index contributed by atoms with van der Waals surface area (Å²) in [6.07, 6.45) is 3.93. The number of carbonyl (C=O) groups is 3. The zero-order chi connectivity index (χ0) is 22.7. The van der Waals surface area contributed by atoms with E-state index in [1.54, 1.807) is 0 Å². The van der Waals surface area contributed by atoms with Gasteiger partial charge in [-0.25, -0.2) is 0 Å². The van der Waals surface area contributed by atoms with E-state index in [9.17, 15) is 14.4 Å². The van der Waals surface area contributed by atoms with Gasteiger partial charge in [0.05, 0.1) is 11.8 Å². The number of ether oxygens (including phenoxy) is 1. The number of rotatable bonds is 5. The molecular formula is C26H30N2O4. The van der Waals surface area contributed by atoms with Gasteiger partial charge in [-0.1, -0.05) is 49.2 Å². The number of hydrogen-bond donors (Lipinski definition) is 1. The molecule has 2 aromatic rings. The van der Waals surface area contributed by atoms with Gasteiger partial charge in [-0.3, -0.25) is 14.4 Å². The van der Waals surface area contributed by atoms with Crippen molar-refractivity contribution in [3.63, 3.8) is 0 Å². The van der Waals surface area contributed by atoms with E-state index in [-0.39, 0.29) is 18.4 Å². The molecule has 2 aliphatic rings. The Morgan fingerprint density at radius 1 is 0.969 bits per heavy atom. The molecule has 1 aliphatic carbocycles. The van der Waals surface area contributed by atoms with Crippen molar-refractivity contribution in [2.45, 2.75) is 46.0 Å². The van der Waals surface area contributed by atoms with Crippen LogP contribution in [-0.4, -0.2) is 30.9 Å². The van der Waals surface area contributed by atoms with Gasteiger partial charge in [0.1, 0.15) is 0 Å². The smallest absolute Gasteiger partial charge is 0.310 e. The molecule has 0 radical (unpaired) electrons. The van der Waals surface area contributed by atoms with Crippen LogP contribution in [0.15, 0.2) is 42.5 Å². The van der Waals surface area contributed by atoms with E-state index in [1.807, 2.05) is 61.2 Å². The second-order valence-corrected chi connectivity index (χ2v) is 8.79. The number of anilines is 2. The Hall–Kier alpha value is -3.15. The SMILES string of the molecule is Cc1cccc(C)c1NC(=O)COC(=O)C1CCCCC1C(=O)N1CCc2ccccc21. The molecule has 0 bridgehead atoms. The maximum atomic E-state index is 13.4. The highest BCUT2D eigenvalue weighted by Gasteiger charge is 2.40. The summed E-state index contributed by atoms with van der Waals surface area (Å²) in [5.74, 6) is -1.73. The predicted molar refractivity (Wildman–Crippen MR) is 123 cm³/mol. The van der Waals surface area contributed by atoms with Gasteiger partial charge >= 0.3 is 5.97 Å². The number of hydrogen-bond acceptors (Lipinski definition) is 4. The topological polar surface area (TPSA) is 75.7 Å². The molecule has 1 aliphatic heterocycles. The van der Waals surface area contributed by atoms with Crippen molar-refractivity contribution in [1.29, 1.82) is 0 Å². The Morgan fingerprint density at radius 3 is 2.41 bits per heavy atom. The molecule has 168 valence electrons. The van der Waals surface area contributed by atoms with Crippen LogP contribution in [-0.2, 0) is 25.5 Å². The molecule has 4 rings (SSSR count). The summed E-state index contributed by atoms with van der Waals surface area (Å²) in [7, 11) is 0. The quantitative estimate of drug-likeness (QED) is 0.717. The molecule has 6 heteroatoms. The van der Waals surface area contributed by atoms with Crippen molar-refractivity contribution < 1.29 is 19.1 Å². The third kappa shape index (κ3) is 4.54. The third-order valence-corrected chi connectivity index (χ3v) is 6.63. The first kappa shape index (κ1) is 22.1. The van der Waals surface area contributed by atoms with Crippen LogP contribution in [0.2, 0.25) is 0 Å². The highest BCUT2D eigenvalue weighted by atomic mass is 16.5. The minimum atomic E-state index is -0.503. The van der Waals surface area contributed by atoms with Gasteiger partial charge in [-0.2, -0.15) is 0 Å². The fraction of sp³-hybridized carbons (Fsp3) is 0.423. The van der Waals surface area contributed by atoms with Crippen molar-refractivity contribution in [1.82, 2.24) is 0 Å². The highest BCUT2D eigenvalue weighted by Crippen LogP contribution is 2.36. The Balaban J connectivity index is 1.39. The molecule has 1 heterocycles. The number of carbonyl (C=O) groups excluding carboxylic acids is 3. The van der Waals surface area contributed by atoms with Crippen LogP contribution in [0.1, 0.15) is 42.4 Å². The second kappa shape index (κ2) is 9.55.